The fourth-order valence-electron chi connectivity index (χ4n) is 1.94. The lowest BCUT2D eigenvalue weighted by Gasteiger charge is -2.03. The van der Waals surface area contributed by atoms with Gasteiger partial charge >= 0.3 is 0 Å². The molecule has 0 aliphatic carbocycles. The predicted octanol–water partition coefficient (Wildman–Crippen LogP) is 4.81. The molecular formula is C15H11BrClNO3S2. The number of oxazole rings is 1. The molecule has 0 saturated carbocycles. The highest BCUT2D eigenvalue weighted by molar-refractivity contribution is 9.10. The predicted molar refractivity (Wildman–Crippen MR) is 95.9 cm³/mol. The number of hydrogen-bond acceptors (Lipinski definition) is 5. The summed E-state index contributed by atoms with van der Waals surface area (Å²) in [5, 5.41) is 1.01. The molecule has 8 heteroatoms. The van der Waals surface area contributed by atoms with Gasteiger partial charge in [-0.15, -0.1) is 0 Å². The van der Waals surface area contributed by atoms with Gasteiger partial charge in [0.2, 0.25) is 0 Å². The molecule has 0 amide bonds. The highest BCUT2D eigenvalue weighted by Gasteiger charge is 2.15. The summed E-state index contributed by atoms with van der Waals surface area (Å²) in [6, 6.07) is 11.8. The fourth-order valence-corrected chi connectivity index (χ4v) is 4.85. The van der Waals surface area contributed by atoms with E-state index in [4.69, 9.17) is 16.0 Å². The lowest BCUT2D eigenvalue weighted by molar-refractivity contribution is 0.489. The van der Waals surface area contributed by atoms with Crippen molar-refractivity contribution in [1.82, 2.24) is 4.98 Å². The lowest BCUT2D eigenvalue weighted by atomic mass is 10.3. The number of nitrogens with zero attached hydrogens (tertiary/aromatic N) is 1. The Labute approximate surface area is 151 Å². The standard InChI is InChI=1S/C15H11BrClNO3S2/c16-10-1-4-12(5-2-10)23(19,20)8-7-22-15-18-13-6-3-11(17)9-14(13)21-15/h1-6,9H,7-8H2. The second-order valence-corrected chi connectivity index (χ2v) is 9.22. The Kier molecular flexibility index (Phi) is 5.01. The Morgan fingerprint density at radius 1 is 1.17 bits per heavy atom. The molecule has 23 heavy (non-hydrogen) atoms. The highest BCUT2D eigenvalue weighted by atomic mass is 79.9. The summed E-state index contributed by atoms with van der Waals surface area (Å²) in [6.45, 7) is 0. The van der Waals surface area contributed by atoms with Crippen LogP contribution < -0.4 is 0 Å². The molecule has 0 bridgehead atoms. The molecule has 3 aromatic rings. The minimum Gasteiger partial charge on any atom is -0.431 e. The molecular weight excluding hydrogens is 422 g/mol. The van der Waals surface area contributed by atoms with Crippen LogP contribution >= 0.6 is 39.3 Å². The molecule has 0 aliphatic rings. The smallest absolute Gasteiger partial charge is 0.256 e. The van der Waals surface area contributed by atoms with Gasteiger partial charge in [0.15, 0.2) is 15.4 Å². The van der Waals surface area contributed by atoms with Crippen molar-refractivity contribution < 1.29 is 12.8 Å². The van der Waals surface area contributed by atoms with E-state index in [9.17, 15) is 8.42 Å². The van der Waals surface area contributed by atoms with Crippen LogP contribution in [-0.2, 0) is 9.84 Å². The van der Waals surface area contributed by atoms with Crippen molar-refractivity contribution in [3.05, 3.63) is 52.0 Å². The number of halogens is 2. The van der Waals surface area contributed by atoms with E-state index in [2.05, 4.69) is 20.9 Å². The van der Waals surface area contributed by atoms with Gasteiger partial charge < -0.3 is 4.42 Å². The molecule has 1 heterocycles. The molecule has 0 fully saturated rings. The van der Waals surface area contributed by atoms with Crippen LogP contribution in [0.2, 0.25) is 5.02 Å². The van der Waals surface area contributed by atoms with E-state index < -0.39 is 9.84 Å². The van der Waals surface area contributed by atoms with Gasteiger partial charge in [0.1, 0.15) is 5.52 Å². The Balaban J connectivity index is 1.66. The third kappa shape index (κ3) is 4.09. The lowest BCUT2D eigenvalue weighted by Crippen LogP contribution is -2.08. The number of rotatable bonds is 5. The second-order valence-electron chi connectivity index (χ2n) is 4.71. The van der Waals surface area contributed by atoms with E-state index in [1.165, 1.54) is 11.8 Å². The van der Waals surface area contributed by atoms with E-state index in [0.717, 1.165) is 4.47 Å². The number of sulfone groups is 1. The van der Waals surface area contributed by atoms with E-state index in [0.29, 0.717) is 32.0 Å². The highest BCUT2D eigenvalue weighted by Crippen LogP contribution is 2.26. The van der Waals surface area contributed by atoms with E-state index >= 15 is 0 Å². The van der Waals surface area contributed by atoms with Crippen LogP contribution in [0.1, 0.15) is 0 Å². The Bertz CT molecular complexity index is 939. The third-order valence-electron chi connectivity index (χ3n) is 3.08. The van der Waals surface area contributed by atoms with Gasteiger partial charge in [0, 0.05) is 21.3 Å². The molecule has 0 atom stereocenters. The first-order chi connectivity index (χ1) is 10.9. The minimum atomic E-state index is -3.32. The average Bonchev–Trinajstić information content (AvgIpc) is 2.89. The number of aromatic nitrogens is 1. The van der Waals surface area contributed by atoms with Crippen LogP contribution in [0.3, 0.4) is 0 Å². The van der Waals surface area contributed by atoms with Crippen molar-refractivity contribution in [3.63, 3.8) is 0 Å². The Morgan fingerprint density at radius 3 is 2.65 bits per heavy atom. The molecule has 3 rings (SSSR count). The fraction of sp³-hybridized carbons (Fsp3) is 0.133. The van der Waals surface area contributed by atoms with Crippen LogP contribution in [0.25, 0.3) is 11.1 Å². The summed E-state index contributed by atoms with van der Waals surface area (Å²) >= 11 is 10.4. The molecule has 2 aromatic carbocycles. The maximum atomic E-state index is 12.3. The van der Waals surface area contributed by atoms with Crippen molar-refractivity contribution in [2.45, 2.75) is 10.1 Å². The zero-order valence-electron chi connectivity index (χ0n) is 11.7. The van der Waals surface area contributed by atoms with Gasteiger partial charge in [-0.2, -0.15) is 0 Å². The summed E-state index contributed by atoms with van der Waals surface area (Å²) in [5.74, 6) is 0.373. The van der Waals surface area contributed by atoms with Gasteiger partial charge in [-0.05, 0) is 36.4 Å². The van der Waals surface area contributed by atoms with Crippen LogP contribution in [0.5, 0.6) is 0 Å². The van der Waals surface area contributed by atoms with Crippen LogP contribution in [0.4, 0.5) is 0 Å². The molecule has 0 unspecified atom stereocenters. The SMILES string of the molecule is O=S(=O)(CCSc1nc2ccc(Cl)cc2o1)c1ccc(Br)cc1. The number of fused-ring (bicyclic) bond motifs is 1. The maximum absolute atomic E-state index is 12.3. The van der Waals surface area contributed by atoms with Gasteiger partial charge in [-0.3, -0.25) is 0 Å². The molecule has 0 aliphatic heterocycles. The summed E-state index contributed by atoms with van der Waals surface area (Å²) in [7, 11) is -3.32. The summed E-state index contributed by atoms with van der Waals surface area (Å²) in [6.07, 6.45) is 0. The quantitative estimate of drug-likeness (QED) is 0.541. The molecule has 0 radical (unpaired) electrons. The van der Waals surface area contributed by atoms with Crippen LogP contribution in [0, 0.1) is 0 Å². The van der Waals surface area contributed by atoms with Gasteiger partial charge in [0.25, 0.3) is 5.22 Å². The first kappa shape index (κ1) is 16.8. The van der Waals surface area contributed by atoms with Gasteiger partial charge in [0.05, 0.1) is 10.6 Å². The van der Waals surface area contributed by atoms with E-state index in [-0.39, 0.29) is 5.75 Å². The second kappa shape index (κ2) is 6.84. The molecule has 0 N–H and O–H groups in total. The van der Waals surface area contributed by atoms with Crippen molar-refractivity contribution in [2.75, 3.05) is 11.5 Å². The summed E-state index contributed by atoms with van der Waals surface area (Å²) in [4.78, 5) is 4.61. The zero-order chi connectivity index (χ0) is 16.4. The molecule has 0 spiro atoms. The van der Waals surface area contributed by atoms with Crippen LogP contribution in [-0.4, -0.2) is 24.9 Å². The first-order valence-corrected chi connectivity index (χ1v) is 10.4. The van der Waals surface area contributed by atoms with E-state index in [1.54, 1.807) is 42.5 Å². The van der Waals surface area contributed by atoms with Crippen molar-refractivity contribution in [3.8, 4) is 0 Å². The van der Waals surface area contributed by atoms with Gasteiger partial charge in [-0.1, -0.05) is 39.3 Å². The minimum absolute atomic E-state index is 0.0127. The average molecular weight is 433 g/mol. The molecule has 1 aromatic heterocycles. The Morgan fingerprint density at radius 2 is 1.91 bits per heavy atom. The molecule has 120 valence electrons. The number of thioether (sulfide) groups is 1. The normalized spacial score (nSPS) is 11.9. The first-order valence-electron chi connectivity index (χ1n) is 6.61. The molecule has 4 nitrogen and oxygen atoms in total. The van der Waals surface area contributed by atoms with Crippen LogP contribution in [0.15, 0.2) is 61.5 Å². The zero-order valence-corrected chi connectivity index (χ0v) is 15.7. The summed E-state index contributed by atoms with van der Waals surface area (Å²) in [5.41, 5.74) is 1.29. The number of hydrogen-bond donors (Lipinski definition) is 0. The van der Waals surface area contributed by atoms with Crippen molar-refractivity contribution in [2.24, 2.45) is 0 Å². The maximum Gasteiger partial charge on any atom is 0.256 e. The van der Waals surface area contributed by atoms with Crippen molar-refractivity contribution in [1.29, 1.82) is 0 Å². The van der Waals surface area contributed by atoms with Crippen molar-refractivity contribution >= 4 is 60.2 Å². The monoisotopic (exact) mass is 431 g/mol. The number of benzene rings is 2. The third-order valence-corrected chi connectivity index (χ3v) is 6.67. The van der Waals surface area contributed by atoms with E-state index in [1.807, 2.05) is 0 Å². The Hall–Kier alpha value is -1.02. The van der Waals surface area contributed by atoms with Gasteiger partial charge in [-0.25, -0.2) is 13.4 Å². The topological polar surface area (TPSA) is 60.2 Å². The largest absolute Gasteiger partial charge is 0.431 e. The summed E-state index contributed by atoms with van der Waals surface area (Å²) < 4.78 is 30.9. The molecule has 0 saturated heterocycles.